The molecule has 0 fully saturated rings. The monoisotopic (exact) mass is 282 g/mol. The molecule has 7 heteroatoms. The van der Waals surface area contributed by atoms with Crippen LogP contribution < -0.4 is 14.2 Å². The molecule has 2 rings (SSSR count). The van der Waals surface area contributed by atoms with Crippen molar-refractivity contribution in [1.29, 1.82) is 5.26 Å². The minimum atomic E-state index is -3.64. The molecule has 0 aromatic heterocycles. The van der Waals surface area contributed by atoms with Crippen molar-refractivity contribution < 1.29 is 17.9 Å². The summed E-state index contributed by atoms with van der Waals surface area (Å²) in [5, 5.41) is 8.64. The fraction of sp³-hybridized carbons (Fsp3) is 0.417. The summed E-state index contributed by atoms with van der Waals surface area (Å²) < 4.78 is 37.1. The summed E-state index contributed by atoms with van der Waals surface area (Å²) >= 11 is 0. The largest absolute Gasteiger partial charge is 0.486 e. The van der Waals surface area contributed by atoms with E-state index in [1.807, 2.05) is 6.07 Å². The third-order valence-electron chi connectivity index (χ3n) is 2.62. The number of fused-ring (bicyclic) bond motifs is 1. The molecule has 1 aliphatic heterocycles. The molecule has 1 heterocycles. The molecule has 0 radical (unpaired) electrons. The van der Waals surface area contributed by atoms with Crippen LogP contribution in [-0.2, 0) is 10.0 Å². The molecule has 6 nitrogen and oxygen atoms in total. The molecule has 0 saturated carbocycles. The molecular weight excluding hydrogens is 268 g/mol. The predicted octanol–water partition coefficient (Wildman–Crippen LogP) is 0.896. The number of sulfonamides is 1. The van der Waals surface area contributed by atoms with Gasteiger partial charge in [-0.05, 0) is 19.1 Å². The Morgan fingerprint density at radius 1 is 1.37 bits per heavy atom. The molecule has 0 bridgehead atoms. The number of ether oxygens (including phenoxy) is 2. The van der Waals surface area contributed by atoms with E-state index >= 15 is 0 Å². The normalized spacial score (nSPS) is 15.6. The molecular formula is C12H14N2O4S. The van der Waals surface area contributed by atoms with Crippen LogP contribution in [0.5, 0.6) is 11.5 Å². The molecule has 1 unspecified atom stereocenters. The third kappa shape index (κ3) is 3.16. The van der Waals surface area contributed by atoms with Crippen LogP contribution in [0.2, 0.25) is 0 Å². The van der Waals surface area contributed by atoms with Gasteiger partial charge in [-0.1, -0.05) is 0 Å². The minimum Gasteiger partial charge on any atom is -0.486 e. The van der Waals surface area contributed by atoms with Gasteiger partial charge in [-0.25, -0.2) is 13.1 Å². The molecule has 102 valence electrons. The van der Waals surface area contributed by atoms with Crippen LogP contribution in [0.3, 0.4) is 0 Å². The van der Waals surface area contributed by atoms with Crippen molar-refractivity contribution in [2.75, 3.05) is 19.8 Å². The number of nitrogens with zero attached hydrogens (tertiary/aromatic N) is 1. The molecule has 0 saturated heterocycles. The van der Waals surface area contributed by atoms with Gasteiger partial charge in [0.05, 0.1) is 16.9 Å². The fourth-order valence-electron chi connectivity index (χ4n) is 1.55. The van der Waals surface area contributed by atoms with Crippen LogP contribution in [0.4, 0.5) is 0 Å². The lowest BCUT2D eigenvalue weighted by Gasteiger charge is -2.19. The Bertz CT molecular complexity index is 607. The molecule has 1 aromatic rings. The van der Waals surface area contributed by atoms with Crippen molar-refractivity contribution in [2.24, 2.45) is 5.92 Å². The summed E-state index contributed by atoms with van der Waals surface area (Å²) in [5.41, 5.74) is 0. The van der Waals surface area contributed by atoms with Crippen molar-refractivity contribution in [2.45, 2.75) is 11.8 Å². The van der Waals surface area contributed by atoms with Crippen LogP contribution >= 0.6 is 0 Å². The Balaban J connectivity index is 2.19. The molecule has 0 spiro atoms. The van der Waals surface area contributed by atoms with Gasteiger partial charge in [-0.2, -0.15) is 5.26 Å². The maximum Gasteiger partial charge on any atom is 0.240 e. The molecule has 1 aliphatic rings. The van der Waals surface area contributed by atoms with Crippen LogP contribution in [0.15, 0.2) is 23.1 Å². The van der Waals surface area contributed by atoms with E-state index < -0.39 is 10.0 Å². The Hall–Kier alpha value is -1.78. The number of hydrogen-bond donors (Lipinski definition) is 1. The molecule has 1 aromatic carbocycles. The van der Waals surface area contributed by atoms with Crippen molar-refractivity contribution in [3.05, 3.63) is 18.2 Å². The van der Waals surface area contributed by atoms with E-state index in [4.69, 9.17) is 14.7 Å². The predicted molar refractivity (Wildman–Crippen MR) is 67.4 cm³/mol. The highest BCUT2D eigenvalue weighted by Gasteiger charge is 2.19. The van der Waals surface area contributed by atoms with E-state index in [0.29, 0.717) is 24.7 Å². The van der Waals surface area contributed by atoms with Gasteiger partial charge in [-0.3, -0.25) is 0 Å². The topological polar surface area (TPSA) is 88.4 Å². The van der Waals surface area contributed by atoms with Crippen molar-refractivity contribution >= 4 is 10.0 Å². The average molecular weight is 282 g/mol. The molecule has 0 aliphatic carbocycles. The first kappa shape index (κ1) is 13.6. The second kappa shape index (κ2) is 5.47. The number of nitrogens with one attached hydrogen (secondary N) is 1. The number of nitriles is 1. The zero-order valence-electron chi connectivity index (χ0n) is 10.4. The van der Waals surface area contributed by atoms with Crippen LogP contribution in [-0.4, -0.2) is 28.2 Å². The third-order valence-corrected chi connectivity index (χ3v) is 4.05. The van der Waals surface area contributed by atoms with Gasteiger partial charge in [0.15, 0.2) is 11.5 Å². The second-order valence-corrected chi connectivity index (χ2v) is 5.95. The van der Waals surface area contributed by atoms with Crippen LogP contribution in [0.1, 0.15) is 6.92 Å². The van der Waals surface area contributed by atoms with E-state index in [-0.39, 0.29) is 17.4 Å². The number of benzene rings is 1. The standard InChI is InChI=1S/C12H14N2O4S/c1-9(7-13)8-14-19(15,16)10-2-3-11-12(6-10)18-5-4-17-11/h2-3,6,9,14H,4-5,8H2,1H3. The van der Waals surface area contributed by atoms with Crippen LogP contribution in [0.25, 0.3) is 0 Å². The Morgan fingerprint density at radius 2 is 2.05 bits per heavy atom. The Labute approximate surface area is 112 Å². The summed E-state index contributed by atoms with van der Waals surface area (Å²) in [4.78, 5) is 0.0990. The molecule has 19 heavy (non-hydrogen) atoms. The molecule has 1 atom stereocenters. The quantitative estimate of drug-likeness (QED) is 0.886. The summed E-state index contributed by atoms with van der Waals surface area (Å²) in [6.45, 7) is 2.58. The van der Waals surface area contributed by atoms with Gasteiger partial charge in [0.25, 0.3) is 0 Å². The number of rotatable bonds is 4. The van der Waals surface area contributed by atoms with E-state index in [1.165, 1.54) is 12.1 Å². The summed E-state index contributed by atoms with van der Waals surface area (Å²) in [6.07, 6.45) is 0. The zero-order chi connectivity index (χ0) is 13.9. The number of hydrogen-bond acceptors (Lipinski definition) is 5. The van der Waals surface area contributed by atoms with E-state index in [9.17, 15) is 8.42 Å². The van der Waals surface area contributed by atoms with E-state index in [1.54, 1.807) is 13.0 Å². The highest BCUT2D eigenvalue weighted by atomic mass is 32.2. The highest BCUT2D eigenvalue weighted by molar-refractivity contribution is 7.89. The molecule has 0 amide bonds. The summed E-state index contributed by atoms with van der Waals surface area (Å²) in [6, 6.07) is 6.41. The van der Waals surface area contributed by atoms with E-state index in [0.717, 1.165) is 0 Å². The lowest BCUT2D eigenvalue weighted by atomic mass is 10.2. The van der Waals surface area contributed by atoms with Gasteiger partial charge < -0.3 is 9.47 Å². The van der Waals surface area contributed by atoms with E-state index in [2.05, 4.69) is 4.72 Å². The van der Waals surface area contributed by atoms with Gasteiger partial charge in [0, 0.05) is 12.6 Å². The van der Waals surface area contributed by atoms with Gasteiger partial charge in [0.1, 0.15) is 13.2 Å². The van der Waals surface area contributed by atoms with Gasteiger partial charge in [0.2, 0.25) is 10.0 Å². The first-order valence-electron chi connectivity index (χ1n) is 5.82. The maximum absolute atomic E-state index is 12.0. The lowest BCUT2D eigenvalue weighted by molar-refractivity contribution is 0.171. The summed E-state index contributed by atoms with van der Waals surface area (Å²) in [5.74, 6) is 0.574. The first-order chi connectivity index (χ1) is 9.03. The summed E-state index contributed by atoms with van der Waals surface area (Å²) in [7, 11) is -3.64. The maximum atomic E-state index is 12.0. The highest BCUT2D eigenvalue weighted by Crippen LogP contribution is 2.32. The van der Waals surface area contributed by atoms with Gasteiger partial charge >= 0.3 is 0 Å². The Morgan fingerprint density at radius 3 is 2.74 bits per heavy atom. The average Bonchev–Trinajstić information content (AvgIpc) is 2.44. The van der Waals surface area contributed by atoms with Crippen molar-refractivity contribution in [1.82, 2.24) is 4.72 Å². The van der Waals surface area contributed by atoms with Crippen molar-refractivity contribution in [3.8, 4) is 17.6 Å². The zero-order valence-corrected chi connectivity index (χ0v) is 11.2. The minimum absolute atomic E-state index is 0.0767. The fourth-order valence-corrected chi connectivity index (χ4v) is 2.70. The first-order valence-corrected chi connectivity index (χ1v) is 7.30. The smallest absolute Gasteiger partial charge is 0.240 e. The molecule has 1 N–H and O–H groups in total. The SMILES string of the molecule is CC(C#N)CNS(=O)(=O)c1ccc2c(c1)OCCO2. The lowest BCUT2D eigenvalue weighted by Crippen LogP contribution is -2.28. The Kier molecular flexibility index (Phi) is 3.93. The van der Waals surface area contributed by atoms with Gasteiger partial charge in [-0.15, -0.1) is 0 Å². The van der Waals surface area contributed by atoms with Crippen molar-refractivity contribution in [3.63, 3.8) is 0 Å². The van der Waals surface area contributed by atoms with Crippen LogP contribution in [0, 0.1) is 17.2 Å². The second-order valence-electron chi connectivity index (χ2n) is 4.19.